The van der Waals surface area contributed by atoms with E-state index in [0.717, 1.165) is 24.8 Å². The number of fused-ring (bicyclic) bond motifs is 1. The maximum Gasteiger partial charge on any atom is 0.241 e. The number of amides is 2. The number of carbonyl (C=O) groups is 2. The number of benzene rings is 2. The highest BCUT2D eigenvalue weighted by Gasteiger charge is 2.29. The predicted molar refractivity (Wildman–Crippen MR) is 125 cm³/mol. The lowest BCUT2D eigenvalue weighted by atomic mass is 10.00. The highest BCUT2D eigenvalue weighted by molar-refractivity contribution is 7.89. The van der Waals surface area contributed by atoms with E-state index >= 15 is 0 Å². The molecule has 2 N–H and O–H groups in total. The zero-order chi connectivity index (χ0) is 24.0. The van der Waals surface area contributed by atoms with Crippen molar-refractivity contribution < 1.29 is 27.5 Å². The van der Waals surface area contributed by atoms with Crippen LogP contribution in [0.2, 0.25) is 0 Å². The normalized spacial score (nSPS) is 19.2. The third-order valence-electron chi connectivity index (χ3n) is 5.89. The number of carbonyl (C=O) groups excluding carboxylic acids is 2. The fourth-order valence-corrected chi connectivity index (χ4v) is 5.12. The first-order valence-corrected chi connectivity index (χ1v) is 12.9. The summed E-state index contributed by atoms with van der Waals surface area (Å²) in [5.74, 6) is 0.318. The third-order valence-corrected chi connectivity index (χ3v) is 7.29. The van der Waals surface area contributed by atoms with E-state index in [0.29, 0.717) is 37.8 Å². The zero-order valence-corrected chi connectivity index (χ0v) is 19.7. The minimum Gasteiger partial charge on any atom is -0.486 e. The van der Waals surface area contributed by atoms with Crippen LogP contribution in [0.4, 0.5) is 0 Å². The van der Waals surface area contributed by atoms with Crippen LogP contribution in [0.15, 0.2) is 53.4 Å². The zero-order valence-electron chi connectivity index (χ0n) is 18.9. The van der Waals surface area contributed by atoms with Crippen molar-refractivity contribution in [1.29, 1.82) is 0 Å². The molecule has 182 valence electrons. The van der Waals surface area contributed by atoms with Crippen molar-refractivity contribution in [2.45, 2.75) is 36.6 Å². The summed E-state index contributed by atoms with van der Waals surface area (Å²) in [5.41, 5.74) is 0.835. The maximum absolute atomic E-state index is 13.3. The van der Waals surface area contributed by atoms with Gasteiger partial charge < -0.3 is 19.7 Å². The van der Waals surface area contributed by atoms with Crippen molar-refractivity contribution in [1.82, 2.24) is 14.9 Å². The molecule has 0 aromatic heterocycles. The summed E-state index contributed by atoms with van der Waals surface area (Å²) in [4.78, 5) is 27.4. The molecular weight excluding hydrogens is 458 g/mol. The van der Waals surface area contributed by atoms with E-state index in [1.54, 1.807) is 11.0 Å². The van der Waals surface area contributed by atoms with Crippen LogP contribution >= 0.6 is 0 Å². The first-order valence-electron chi connectivity index (χ1n) is 11.4. The number of hydrogen-bond acceptors (Lipinski definition) is 6. The number of hydrogen-bond donors (Lipinski definition) is 2. The first kappa shape index (κ1) is 24.0. The lowest BCUT2D eigenvalue weighted by Gasteiger charge is -2.33. The second kappa shape index (κ2) is 10.9. The van der Waals surface area contributed by atoms with E-state index in [1.165, 1.54) is 12.1 Å². The second-order valence-electron chi connectivity index (χ2n) is 8.26. The monoisotopic (exact) mass is 487 g/mol. The average molecular weight is 488 g/mol. The minimum atomic E-state index is -3.96. The molecule has 2 amide bonds. The Morgan fingerprint density at radius 1 is 1.03 bits per heavy atom. The number of sulfonamides is 1. The minimum absolute atomic E-state index is 0.00973. The Balaban J connectivity index is 1.51. The van der Waals surface area contributed by atoms with Gasteiger partial charge in [-0.15, -0.1) is 0 Å². The van der Waals surface area contributed by atoms with Gasteiger partial charge in [-0.05, 0) is 37.0 Å². The van der Waals surface area contributed by atoms with Crippen LogP contribution in [-0.4, -0.2) is 58.0 Å². The molecule has 2 heterocycles. The Morgan fingerprint density at radius 3 is 2.59 bits per heavy atom. The van der Waals surface area contributed by atoms with Crippen LogP contribution < -0.4 is 19.5 Å². The molecule has 2 aliphatic heterocycles. The van der Waals surface area contributed by atoms with Crippen LogP contribution in [0.25, 0.3) is 0 Å². The summed E-state index contributed by atoms with van der Waals surface area (Å²) in [6, 6.07) is 13.2. The van der Waals surface area contributed by atoms with Gasteiger partial charge in [-0.2, -0.15) is 0 Å². The number of nitrogens with one attached hydrogen (secondary N) is 2. The standard InChI is InChI=1S/C24H29N3O6S/c28-23-16-20(18-7-3-1-4-8-18)27(12-6-2-5-11-25-23)24(29)17-26-34(30,31)19-9-10-21-22(15-19)33-14-13-32-21/h1,3-4,7-10,15,20,26H,2,5-6,11-14,16-17H2,(H,25,28). The SMILES string of the molecule is O=C1CC(c2ccccc2)N(C(=O)CNS(=O)(=O)c2ccc3c(c2)OCCO3)CCCCCN1. The molecule has 1 atom stereocenters. The van der Waals surface area contributed by atoms with Gasteiger partial charge >= 0.3 is 0 Å². The summed E-state index contributed by atoms with van der Waals surface area (Å²) >= 11 is 0. The number of nitrogens with zero attached hydrogens (tertiary/aromatic N) is 1. The van der Waals surface area contributed by atoms with Crippen LogP contribution in [0.5, 0.6) is 11.5 Å². The molecular formula is C24H29N3O6S. The smallest absolute Gasteiger partial charge is 0.241 e. The predicted octanol–water partition coefficient (Wildman–Crippen LogP) is 2.00. The number of ether oxygens (including phenoxy) is 2. The van der Waals surface area contributed by atoms with E-state index in [2.05, 4.69) is 10.0 Å². The van der Waals surface area contributed by atoms with Gasteiger partial charge in [0.1, 0.15) is 13.2 Å². The molecule has 0 bridgehead atoms. The van der Waals surface area contributed by atoms with Gasteiger partial charge in [-0.3, -0.25) is 9.59 Å². The summed E-state index contributed by atoms with van der Waals surface area (Å²) in [6.45, 7) is 1.39. The van der Waals surface area contributed by atoms with Gasteiger partial charge in [0.25, 0.3) is 0 Å². The molecule has 2 aromatic rings. The van der Waals surface area contributed by atoms with Crippen LogP contribution in [0.1, 0.15) is 37.3 Å². The van der Waals surface area contributed by atoms with Gasteiger partial charge in [-0.1, -0.05) is 30.3 Å². The van der Waals surface area contributed by atoms with Gasteiger partial charge in [0.05, 0.1) is 23.9 Å². The third kappa shape index (κ3) is 5.87. The van der Waals surface area contributed by atoms with E-state index < -0.39 is 22.6 Å². The summed E-state index contributed by atoms with van der Waals surface area (Å²) in [5, 5.41) is 2.90. The van der Waals surface area contributed by atoms with E-state index in [9.17, 15) is 18.0 Å². The fraction of sp³-hybridized carbons (Fsp3) is 0.417. The Hall–Kier alpha value is -3.11. The molecule has 1 unspecified atom stereocenters. The summed E-state index contributed by atoms with van der Waals surface area (Å²) in [6.07, 6.45) is 2.57. The Morgan fingerprint density at radius 2 is 1.79 bits per heavy atom. The lowest BCUT2D eigenvalue weighted by molar-refractivity contribution is -0.134. The molecule has 1 saturated heterocycles. The topological polar surface area (TPSA) is 114 Å². The second-order valence-corrected chi connectivity index (χ2v) is 10.0. The van der Waals surface area contributed by atoms with Gasteiger partial charge in [0.2, 0.25) is 21.8 Å². The van der Waals surface area contributed by atoms with Crippen molar-refractivity contribution in [3.8, 4) is 11.5 Å². The highest BCUT2D eigenvalue weighted by Crippen LogP contribution is 2.32. The van der Waals surface area contributed by atoms with E-state index in [4.69, 9.17) is 9.47 Å². The van der Waals surface area contributed by atoms with E-state index in [1.807, 2.05) is 30.3 Å². The van der Waals surface area contributed by atoms with Crippen LogP contribution in [-0.2, 0) is 19.6 Å². The van der Waals surface area contributed by atoms with Gasteiger partial charge in [0, 0.05) is 19.2 Å². The molecule has 34 heavy (non-hydrogen) atoms. The summed E-state index contributed by atoms with van der Waals surface area (Å²) < 4.78 is 39.1. The molecule has 4 rings (SSSR count). The van der Waals surface area contributed by atoms with Crippen molar-refractivity contribution >= 4 is 21.8 Å². The first-order chi connectivity index (χ1) is 16.4. The van der Waals surface area contributed by atoms with Gasteiger partial charge in [-0.25, -0.2) is 13.1 Å². The summed E-state index contributed by atoms with van der Waals surface area (Å²) in [7, 11) is -3.96. The molecule has 10 heteroatoms. The molecule has 2 aliphatic rings. The number of rotatable bonds is 5. The van der Waals surface area contributed by atoms with Crippen molar-refractivity contribution in [3.63, 3.8) is 0 Å². The molecule has 1 fully saturated rings. The van der Waals surface area contributed by atoms with Crippen molar-refractivity contribution in [3.05, 3.63) is 54.1 Å². The Bertz CT molecular complexity index is 1120. The molecule has 9 nitrogen and oxygen atoms in total. The van der Waals surface area contributed by atoms with Gasteiger partial charge in [0.15, 0.2) is 11.5 Å². The fourth-order valence-electron chi connectivity index (χ4n) is 4.13. The van der Waals surface area contributed by atoms with Crippen LogP contribution in [0, 0.1) is 0 Å². The molecule has 0 saturated carbocycles. The van der Waals surface area contributed by atoms with Crippen LogP contribution in [0.3, 0.4) is 0 Å². The van der Waals surface area contributed by atoms with E-state index in [-0.39, 0.29) is 23.1 Å². The average Bonchev–Trinajstić information content (AvgIpc) is 2.86. The Labute approximate surface area is 199 Å². The lowest BCUT2D eigenvalue weighted by Crippen LogP contribution is -2.44. The quantitative estimate of drug-likeness (QED) is 0.667. The molecule has 0 radical (unpaired) electrons. The maximum atomic E-state index is 13.3. The Kier molecular flexibility index (Phi) is 7.69. The largest absolute Gasteiger partial charge is 0.486 e. The molecule has 0 aliphatic carbocycles. The molecule has 0 spiro atoms. The van der Waals surface area contributed by atoms with Crippen molar-refractivity contribution in [2.24, 2.45) is 0 Å². The van der Waals surface area contributed by atoms with Crippen molar-refractivity contribution in [2.75, 3.05) is 32.8 Å². The molecule has 2 aromatic carbocycles. The highest BCUT2D eigenvalue weighted by atomic mass is 32.2.